The second-order valence-electron chi connectivity index (χ2n) is 17.1. The molecule has 3 nitrogen and oxygen atoms in total. The van der Waals surface area contributed by atoms with Crippen molar-refractivity contribution in [2.45, 2.75) is 290 Å². The van der Waals surface area contributed by atoms with Gasteiger partial charge in [-0.15, -0.1) is 0 Å². The molecule has 0 atom stereocenters. The normalized spacial score (nSPS) is 11.5. The number of carbonyl (C=O) groups excluding carboxylic acids is 1. The van der Waals surface area contributed by atoms with E-state index in [9.17, 15) is 9.90 Å². The van der Waals surface area contributed by atoms with Gasteiger partial charge in [0.15, 0.2) is 0 Å². The van der Waals surface area contributed by atoms with E-state index in [4.69, 9.17) is 0 Å². The molecular formula is C49H98KNO2. The molecule has 4 heteroatoms. The minimum absolute atomic E-state index is 0. The van der Waals surface area contributed by atoms with Gasteiger partial charge in [0, 0.05) is 12.5 Å². The summed E-state index contributed by atoms with van der Waals surface area (Å²) in [5.74, 6) is -0.900. The average Bonchev–Trinajstić information content (AvgIpc) is 3.14. The zero-order valence-corrected chi connectivity index (χ0v) is 40.4. The maximum Gasteiger partial charge on any atom is 1.00 e. The van der Waals surface area contributed by atoms with Crippen LogP contribution in [0.4, 0.5) is 0 Å². The molecule has 0 bridgehead atoms. The molecule has 53 heavy (non-hydrogen) atoms. The van der Waals surface area contributed by atoms with Crippen molar-refractivity contribution in [1.82, 2.24) is 4.90 Å². The van der Waals surface area contributed by atoms with E-state index < -0.39 is 5.97 Å². The van der Waals surface area contributed by atoms with Crippen LogP contribution in [0.15, 0.2) is 0 Å². The zero-order chi connectivity index (χ0) is 37.7. The number of carboxylic acids is 1. The third-order valence-corrected chi connectivity index (χ3v) is 11.8. The smallest absolute Gasteiger partial charge is 0.550 e. The largest absolute Gasteiger partial charge is 1.00 e. The first-order valence-corrected chi connectivity index (χ1v) is 24.6. The van der Waals surface area contributed by atoms with Crippen LogP contribution in [0.3, 0.4) is 0 Å². The molecule has 0 heterocycles. The number of rotatable bonds is 47. The summed E-state index contributed by atoms with van der Waals surface area (Å²) in [4.78, 5) is 13.5. The van der Waals surface area contributed by atoms with Crippen molar-refractivity contribution in [1.29, 1.82) is 0 Å². The topological polar surface area (TPSA) is 43.4 Å². The molecule has 0 unspecified atom stereocenters. The van der Waals surface area contributed by atoms with Crippen LogP contribution in [-0.4, -0.2) is 30.5 Å². The monoisotopic (exact) mass is 772 g/mol. The van der Waals surface area contributed by atoms with Gasteiger partial charge in [-0.25, -0.2) is 0 Å². The maximum absolute atomic E-state index is 11.1. The first kappa shape index (κ1) is 56.2. The van der Waals surface area contributed by atoms with Crippen LogP contribution < -0.4 is 56.5 Å². The third-order valence-electron chi connectivity index (χ3n) is 11.8. The van der Waals surface area contributed by atoms with Gasteiger partial charge < -0.3 is 14.8 Å². The van der Waals surface area contributed by atoms with E-state index in [1.807, 2.05) is 0 Å². The van der Waals surface area contributed by atoms with Crippen molar-refractivity contribution in [3.63, 3.8) is 0 Å². The Balaban J connectivity index is 0. The summed E-state index contributed by atoms with van der Waals surface area (Å²) < 4.78 is 0. The van der Waals surface area contributed by atoms with E-state index in [1.54, 1.807) is 0 Å². The molecule has 0 aliphatic rings. The number of unbranched alkanes of at least 4 members (excludes halogenated alkanes) is 40. The van der Waals surface area contributed by atoms with Gasteiger partial charge in [0.1, 0.15) is 0 Å². The molecule has 0 spiro atoms. The van der Waals surface area contributed by atoms with Gasteiger partial charge in [-0.05, 0) is 32.4 Å². The molecule has 0 rings (SSSR count). The van der Waals surface area contributed by atoms with Crippen molar-refractivity contribution < 1.29 is 61.3 Å². The molecule has 0 N–H and O–H groups in total. The molecular weight excluding hydrogens is 674 g/mol. The molecule has 0 aromatic rings. The van der Waals surface area contributed by atoms with Crippen molar-refractivity contribution in [3.05, 3.63) is 0 Å². The summed E-state index contributed by atoms with van der Waals surface area (Å²) in [6, 6.07) is 0. The van der Waals surface area contributed by atoms with Gasteiger partial charge >= 0.3 is 51.4 Å². The Labute approximate surface area is 378 Å². The van der Waals surface area contributed by atoms with Crippen LogP contribution >= 0.6 is 0 Å². The number of carboxylic acid groups (broad SMARTS) is 1. The van der Waals surface area contributed by atoms with Crippen LogP contribution in [0.1, 0.15) is 290 Å². The standard InChI is InChI=1S/C49H99NO2.K/c1-3-5-7-9-11-13-15-17-19-21-23-25-27-29-31-33-35-37-39-41-43-46-50(48-45-49(51)52)47-44-42-40-38-36-34-32-30-28-26-24-22-20-18-16-14-12-10-8-6-4-2;/h3-48H2,1-2H3,(H,51,52);/q;+1/p-1. The van der Waals surface area contributed by atoms with Gasteiger partial charge in [-0.3, -0.25) is 0 Å². The van der Waals surface area contributed by atoms with Crippen molar-refractivity contribution in [2.75, 3.05) is 19.6 Å². The number of nitrogens with zero attached hydrogens (tertiary/aromatic N) is 1. The van der Waals surface area contributed by atoms with Crippen molar-refractivity contribution >= 4 is 5.97 Å². The van der Waals surface area contributed by atoms with E-state index in [-0.39, 0.29) is 57.8 Å². The quantitative estimate of drug-likeness (QED) is 0.0457. The van der Waals surface area contributed by atoms with E-state index in [0.29, 0.717) is 6.54 Å². The second kappa shape index (κ2) is 51.1. The zero-order valence-electron chi connectivity index (χ0n) is 37.3. The molecule has 0 aliphatic heterocycles. The molecule has 0 fully saturated rings. The van der Waals surface area contributed by atoms with Crippen LogP contribution in [-0.2, 0) is 4.79 Å². The summed E-state index contributed by atoms with van der Waals surface area (Å²) >= 11 is 0. The molecule has 312 valence electrons. The molecule has 0 radical (unpaired) electrons. The maximum atomic E-state index is 11.1. The van der Waals surface area contributed by atoms with E-state index in [1.165, 1.54) is 270 Å². The Morgan fingerprint density at radius 1 is 0.302 bits per heavy atom. The Bertz CT molecular complexity index is 612. The Kier molecular flexibility index (Phi) is 54.1. The summed E-state index contributed by atoms with van der Waals surface area (Å²) in [6.45, 7) is 7.39. The minimum Gasteiger partial charge on any atom is -0.550 e. The van der Waals surface area contributed by atoms with Gasteiger partial charge in [-0.1, -0.05) is 271 Å². The summed E-state index contributed by atoms with van der Waals surface area (Å²) in [6.07, 6.45) is 59.6. The average molecular weight is 772 g/mol. The summed E-state index contributed by atoms with van der Waals surface area (Å²) in [7, 11) is 0. The molecule has 0 aromatic heterocycles. The predicted octanol–water partition coefficient (Wildman–Crippen LogP) is 12.9. The third kappa shape index (κ3) is 51.0. The fourth-order valence-corrected chi connectivity index (χ4v) is 8.12. The fourth-order valence-electron chi connectivity index (χ4n) is 8.12. The first-order chi connectivity index (χ1) is 25.7. The molecule has 0 saturated carbocycles. The van der Waals surface area contributed by atoms with E-state index >= 15 is 0 Å². The predicted molar refractivity (Wildman–Crippen MR) is 231 cm³/mol. The van der Waals surface area contributed by atoms with Gasteiger partial charge in [0.25, 0.3) is 0 Å². The number of aliphatic carboxylic acids is 1. The van der Waals surface area contributed by atoms with Crippen LogP contribution in [0, 0.1) is 0 Å². The molecule has 0 saturated heterocycles. The number of hydrogen-bond acceptors (Lipinski definition) is 3. The Morgan fingerprint density at radius 2 is 0.472 bits per heavy atom. The van der Waals surface area contributed by atoms with Gasteiger partial charge in [-0.2, -0.15) is 0 Å². The minimum atomic E-state index is -0.900. The first-order valence-electron chi connectivity index (χ1n) is 24.6. The van der Waals surface area contributed by atoms with E-state index in [0.717, 1.165) is 13.1 Å². The van der Waals surface area contributed by atoms with Crippen LogP contribution in [0.5, 0.6) is 0 Å². The van der Waals surface area contributed by atoms with Gasteiger partial charge in [0.2, 0.25) is 0 Å². The van der Waals surface area contributed by atoms with Crippen molar-refractivity contribution in [2.24, 2.45) is 0 Å². The second-order valence-corrected chi connectivity index (χ2v) is 17.1. The Hall–Kier alpha value is 1.07. The molecule has 0 aromatic carbocycles. The Morgan fingerprint density at radius 3 is 0.642 bits per heavy atom. The van der Waals surface area contributed by atoms with Crippen molar-refractivity contribution in [3.8, 4) is 0 Å². The van der Waals surface area contributed by atoms with Gasteiger partial charge in [0.05, 0.1) is 0 Å². The number of carbonyl (C=O) groups is 1. The fraction of sp³-hybridized carbons (Fsp3) is 0.980. The SMILES string of the molecule is CCCCCCCCCCCCCCCCCCCCCCCN(CCCCCCCCCCCCCCCCCCCCCCC)CCC(=O)[O-].[K+]. The summed E-state index contributed by atoms with van der Waals surface area (Å²) in [5.41, 5.74) is 0. The van der Waals surface area contributed by atoms with Crippen LogP contribution in [0.2, 0.25) is 0 Å². The number of hydrogen-bond donors (Lipinski definition) is 0. The molecule has 0 amide bonds. The molecule has 0 aliphatic carbocycles. The van der Waals surface area contributed by atoms with Crippen LogP contribution in [0.25, 0.3) is 0 Å². The summed E-state index contributed by atoms with van der Waals surface area (Å²) in [5, 5.41) is 11.1. The van der Waals surface area contributed by atoms with E-state index in [2.05, 4.69) is 18.7 Å².